The second-order valence-corrected chi connectivity index (χ2v) is 6.30. The van der Waals surface area contributed by atoms with Crippen molar-refractivity contribution in [3.05, 3.63) is 48.0 Å². The summed E-state index contributed by atoms with van der Waals surface area (Å²) in [5.74, 6) is -0.732. The van der Waals surface area contributed by atoms with Crippen LogP contribution in [0.15, 0.2) is 42.5 Å². The number of ether oxygens (including phenoxy) is 4. The minimum atomic E-state index is -3.04. The summed E-state index contributed by atoms with van der Waals surface area (Å²) < 4.78 is 45.5. The van der Waals surface area contributed by atoms with E-state index >= 15 is 0 Å². The molecule has 0 bridgehead atoms. The number of halogens is 2. The topological polar surface area (TPSA) is 83.1 Å². The van der Waals surface area contributed by atoms with Gasteiger partial charge in [-0.1, -0.05) is 25.5 Å². The lowest BCUT2D eigenvalue weighted by atomic mass is 10.2. The Balaban J connectivity index is 1.97. The smallest absolute Gasteiger partial charge is 0.387 e. The standard InChI is InChI=1S/C22H25F2NO6/c1-3-5-12-29-18-11-10-15(13-19(18)28-4-2)21(27)30-14-20(26)25-16-8-6-7-9-17(16)31-22(23)24/h6-11,13,22H,3-5,12,14H2,1-2H3,(H,25,26). The number of carbonyl (C=O) groups is 2. The summed E-state index contributed by atoms with van der Waals surface area (Å²) in [6, 6.07) is 10.3. The summed E-state index contributed by atoms with van der Waals surface area (Å²) in [6.45, 7) is 1.11. The molecular weight excluding hydrogens is 412 g/mol. The van der Waals surface area contributed by atoms with Gasteiger partial charge in [0.25, 0.3) is 5.91 Å². The lowest BCUT2D eigenvalue weighted by molar-refractivity contribution is -0.119. The van der Waals surface area contributed by atoms with Crippen molar-refractivity contribution in [2.45, 2.75) is 33.3 Å². The van der Waals surface area contributed by atoms with Crippen molar-refractivity contribution in [1.29, 1.82) is 0 Å². The molecule has 31 heavy (non-hydrogen) atoms. The number of nitrogens with one attached hydrogen (secondary N) is 1. The molecule has 0 aliphatic heterocycles. The van der Waals surface area contributed by atoms with Crippen LogP contribution in [0.2, 0.25) is 0 Å². The number of para-hydroxylation sites is 2. The molecular formula is C22H25F2NO6. The molecule has 0 heterocycles. The van der Waals surface area contributed by atoms with Crippen LogP contribution < -0.4 is 19.5 Å². The van der Waals surface area contributed by atoms with E-state index in [0.29, 0.717) is 24.7 Å². The van der Waals surface area contributed by atoms with Crippen LogP contribution in [0.1, 0.15) is 37.0 Å². The number of carbonyl (C=O) groups excluding carboxylic acids is 2. The molecule has 0 radical (unpaired) electrons. The Morgan fingerprint density at radius 1 is 1.00 bits per heavy atom. The van der Waals surface area contributed by atoms with E-state index in [0.717, 1.165) is 12.8 Å². The van der Waals surface area contributed by atoms with E-state index in [9.17, 15) is 18.4 Å². The van der Waals surface area contributed by atoms with Crippen LogP contribution in [-0.4, -0.2) is 38.3 Å². The number of hydrogen-bond acceptors (Lipinski definition) is 6. The van der Waals surface area contributed by atoms with Crippen LogP contribution in [0.5, 0.6) is 17.2 Å². The van der Waals surface area contributed by atoms with Crippen molar-refractivity contribution in [2.75, 3.05) is 25.1 Å². The zero-order valence-corrected chi connectivity index (χ0v) is 17.4. The molecule has 0 fully saturated rings. The fraction of sp³-hybridized carbons (Fsp3) is 0.364. The van der Waals surface area contributed by atoms with E-state index in [1.165, 1.54) is 30.3 Å². The molecule has 9 heteroatoms. The maximum Gasteiger partial charge on any atom is 0.387 e. The summed E-state index contributed by atoms with van der Waals surface area (Å²) in [5.41, 5.74) is 0.219. The summed E-state index contributed by atoms with van der Waals surface area (Å²) in [7, 11) is 0. The Hall–Kier alpha value is -3.36. The Morgan fingerprint density at radius 2 is 1.77 bits per heavy atom. The molecule has 0 aliphatic carbocycles. The van der Waals surface area contributed by atoms with Crippen molar-refractivity contribution < 1.29 is 37.3 Å². The molecule has 0 spiro atoms. The average Bonchev–Trinajstić information content (AvgIpc) is 2.74. The lowest BCUT2D eigenvalue weighted by Crippen LogP contribution is -2.21. The van der Waals surface area contributed by atoms with Crippen LogP contribution in [0.4, 0.5) is 14.5 Å². The number of esters is 1. The molecule has 2 aromatic rings. The Kier molecular flexibility index (Phi) is 9.54. The molecule has 168 valence electrons. The van der Waals surface area contributed by atoms with Crippen LogP contribution >= 0.6 is 0 Å². The van der Waals surface area contributed by atoms with E-state index in [1.807, 2.05) is 6.92 Å². The first kappa shape index (κ1) is 23.9. The van der Waals surface area contributed by atoms with Gasteiger partial charge in [0.1, 0.15) is 5.75 Å². The predicted octanol–water partition coefficient (Wildman–Crippen LogP) is 4.66. The first-order chi connectivity index (χ1) is 14.9. The van der Waals surface area contributed by atoms with Gasteiger partial charge in [-0.25, -0.2) is 4.79 Å². The van der Waals surface area contributed by atoms with Gasteiger partial charge in [0, 0.05) is 0 Å². The first-order valence-corrected chi connectivity index (χ1v) is 9.85. The molecule has 2 rings (SSSR count). The van der Waals surface area contributed by atoms with Gasteiger partial charge < -0.3 is 24.3 Å². The number of alkyl halides is 2. The van der Waals surface area contributed by atoms with Crippen LogP contribution in [0, 0.1) is 0 Å². The zero-order valence-electron chi connectivity index (χ0n) is 17.4. The lowest BCUT2D eigenvalue weighted by Gasteiger charge is -2.13. The number of anilines is 1. The normalized spacial score (nSPS) is 10.5. The summed E-state index contributed by atoms with van der Waals surface area (Å²) >= 11 is 0. The SMILES string of the molecule is CCCCOc1ccc(C(=O)OCC(=O)Nc2ccccc2OC(F)F)cc1OCC. The predicted molar refractivity (Wildman–Crippen MR) is 110 cm³/mol. The quantitative estimate of drug-likeness (QED) is 0.384. The van der Waals surface area contributed by atoms with Crippen molar-refractivity contribution >= 4 is 17.6 Å². The number of rotatable bonds is 12. The van der Waals surface area contributed by atoms with E-state index in [4.69, 9.17) is 14.2 Å². The fourth-order valence-corrected chi connectivity index (χ4v) is 2.52. The van der Waals surface area contributed by atoms with Crippen molar-refractivity contribution in [1.82, 2.24) is 0 Å². The van der Waals surface area contributed by atoms with Gasteiger partial charge in [-0.3, -0.25) is 4.79 Å². The number of benzene rings is 2. The van der Waals surface area contributed by atoms with Crippen LogP contribution in [0.25, 0.3) is 0 Å². The molecule has 1 N–H and O–H groups in total. The molecule has 0 saturated carbocycles. The molecule has 1 amide bonds. The minimum Gasteiger partial charge on any atom is -0.490 e. The van der Waals surface area contributed by atoms with Crippen LogP contribution in [-0.2, 0) is 9.53 Å². The fourth-order valence-electron chi connectivity index (χ4n) is 2.52. The Morgan fingerprint density at radius 3 is 2.48 bits per heavy atom. The second kappa shape index (κ2) is 12.4. The van der Waals surface area contributed by atoms with Crippen molar-refractivity contribution in [3.63, 3.8) is 0 Å². The molecule has 7 nitrogen and oxygen atoms in total. The largest absolute Gasteiger partial charge is 0.490 e. The summed E-state index contributed by atoms with van der Waals surface area (Å²) in [4.78, 5) is 24.4. The number of amides is 1. The van der Waals surface area contributed by atoms with Crippen LogP contribution in [0.3, 0.4) is 0 Å². The van der Waals surface area contributed by atoms with Gasteiger partial charge in [-0.05, 0) is 43.7 Å². The summed E-state index contributed by atoms with van der Waals surface area (Å²) in [6.07, 6.45) is 1.87. The third kappa shape index (κ3) is 7.76. The maximum absolute atomic E-state index is 12.5. The molecule has 2 aromatic carbocycles. The molecule has 0 atom stereocenters. The minimum absolute atomic E-state index is 0.0380. The number of hydrogen-bond donors (Lipinski definition) is 1. The molecule has 0 saturated heterocycles. The van der Waals surface area contributed by atoms with Gasteiger partial charge in [0.05, 0.1) is 24.5 Å². The third-order valence-electron chi connectivity index (χ3n) is 3.95. The Bertz CT molecular complexity index is 875. The highest BCUT2D eigenvalue weighted by molar-refractivity contribution is 5.96. The van der Waals surface area contributed by atoms with E-state index in [1.54, 1.807) is 19.1 Å². The maximum atomic E-state index is 12.5. The molecule has 0 aliphatic rings. The van der Waals surface area contributed by atoms with E-state index in [-0.39, 0.29) is 17.0 Å². The van der Waals surface area contributed by atoms with Gasteiger partial charge in [-0.15, -0.1) is 0 Å². The summed E-state index contributed by atoms with van der Waals surface area (Å²) in [5, 5.41) is 2.37. The van der Waals surface area contributed by atoms with Gasteiger partial charge in [0.2, 0.25) is 0 Å². The monoisotopic (exact) mass is 437 g/mol. The van der Waals surface area contributed by atoms with Crippen molar-refractivity contribution in [2.24, 2.45) is 0 Å². The second-order valence-electron chi connectivity index (χ2n) is 6.30. The average molecular weight is 437 g/mol. The zero-order chi connectivity index (χ0) is 22.6. The molecule has 0 unspecified atom stereocenters. The van der Waals surface area contributed by atoms with Crippen molar-refractivity contribution in [3.8, 4) is 17.2 Å². The highest BCUT2D eigenvalue weighted by Gasteiger charge is 2.16. The number of unbranched alkanes of at least 4 members (excludes halogenated alkanes) is 1. The molecule has 0 aromatic heterocycles. The first-order valence-electron chi connectivity index (χ1n) is 9.85. The van der Waals surface area contributed by atoms with Gasteiger partial charge >= 0.3 is 12.6 Å². The Labute approximate surface area is 179 Å². The highest BCUT2D eigenvalue weighted by atomic mass is 19.3. The highest BCUT2D eigenvalue weighted by Crippen LogP contribution is 2.29. The van der Waals surface area contributed by atoms with Gasteiger partial charge in [-0.2, -0.15) is 8.78 Å². The van der Waals surface area contributed by atoms with E-state index < -0.39 is 25.1 Å². The van der Waals surface area contributed by atoms with E-state index in [2.05, 4.69) is 10.1 Å². The van der Waals surface area contributed by atoms with Gasteiger partial charge in [0.15, 0.2) is 18.1 Å². The third-order valence-corrected chi connectivity index (χ3v) is 3.95.